The smallest absolute Gasteiger partial charge is 0.691 e. The number of hydrogen-bond donors (Lipinski definition) is 0. The Morgan fingerprint density at radius 1 is 0.773 bits per heavy atom. The molecule has 0 heterocycles. The van der Waals surface area contributed by atoms with E-state index in [4.69, 9.17) is 33.1 Å². The summed E-state index contributed by atoms with van der Waals surface area (Å²) in [5.74, 6) is 1.57. The fourth-order valence-electron chi connectivity index (χ4n) is 2.05. The second kappa shape index (κ2) is 16.4. The van der Waals surface area contributed by atoms with Crippen LogP contribution in [0.2, 0.25) is 0 Å². The van der Waals surface area contributed by atoms with Gasteiger partial charge in [0, 0.05) is 0 Å². The summed E-state index contributed by atoms with van der Waals surface area (Å²) in [6, 6.07) is 0. The minimum Gasteiger partial charge on any atom is -0.691 e. The largest absolute Gasteiger partial charge is 1.00 e. The molecule has 0 bridgehead atoms. The van der Waals surface area contributed by atoms with Crippen molar-refractivity contribution >= 4 is 29.7 Å². The molecule has 128 valence electrons. The fraction of sp³-hybridized carbons (Fsp3) is 1.00. The standard InChI is InChI=1S/C16H35O2PS2.Na/c1-15(2)11-7-5-9-13-17-19(20,21)18-14-10-6-8-12-16(3)4;/h15-16H,5-14H2,1-4H3,(H,20,21);/q;+1/p-1. The Bertz CT molecular complexity index is 265. The second-order valence-corrected chi connectivity index (χ2v) is 11.6. The maximum absolute atomic E-state index is 5.60. The molecule has 0 radical (unpaired) electrons. The molecule has 0 fully saturated rings. The minimum absolute atomic E-state index is 0. The molecule has 0 aromatic heterocycles. The third-order valence-electron chi connectivity index (χ3n) is 3.35. The van der Waals surface area contributed by atoms with Crippen molar-refractivity contribution in [2.45, 2.75) is 79.1 Å². The van der Waals surface area contributed by atoms with Gasteiger partial charge in [0.05, 0.1) is 18.9 Å². The van der Waals surface area contributed by atoms with E-state index in [1.807, 2.05) is 0 Å². The van der Waals surface area contributed by atoms with Crippen molar-refractivity contribution in [2.24, 2.45) is 11.8 Å². The molecule has 0 N–H and O–H groups in total. The molecule has 0 atom stereocenters. The third kappa shape index (κ3) is 20.0. The Hall–Kier alpha value is 1.92. The van der Waals surface area contributed by atoms with Gasteiger partial charge in [0.15, 0.2) is 0 Å². The first kappa shape index (κ1) is 26.2. The molecular formula is C16H34NaO2PS2. The van der Waals surface area contributed by atoms with Crippen LogP contribution < -0.4 is 29.6 Å². The summed E-state index contributed by atoms with van der Waals surface area (Å²) in [5.41, 5.74) is -2.41. The molecule has 0 saturated heterocycles. The van der Waals surface area contributed by atoms with Crippen LogP contribution in [0.1, 0.15) is 79.1 Å². The molecule has 0 amide bonds. The SMILES string of the molecule is CC(C)CCCCCOP(=S)([S-])OCCCCCC(C)C.[Na+]. The summed E-state index contributed by atoms with van der Waals surface area (Å²) in [7, 11) is 0. The zero-order valence-electron chi connectivity index (χ0n) is 15.3. The van der Waals surface area contributed by atoms with Gasteiger partial charge in [-0.1, -0.05) is 78.0 Å². The van der Waals surface area contributed by atoms with Gasteiger partial charge in [-0.2, -0.15) is 0 Å². The monoisotopic (exact) mass is 376 g/mol. The molecule has 0 aliphatic heterocycles. The molecule has 0 aliphatic rings. The van der Waals surface area contributed by atoms with Crippen LogP contribution in [0.15, 0.2) is 0 Å². The van der Waals surface area contributed by atoms with Crippen LogP contribution in [0.25, 0.3) is 0 Å². The van der Waals surface area contributed by atoms with Gasteiger partial charge in [-0.25, -0.2) is 0 Å². The van der Waals surface area contributed by atoms with Gasteiger partial charge in [0.1, 0.15) is 0 Å². The zero-order chi connectivity index (χ0) is 16.1. The molecule has 22 heavy (non-hydrogen) atoms. The first-order valence-corrected chi connectivity index (χ1v) is 12.1. The minimum atomic E-state index is -2.41. The van der Waals surface area contributed by atoms with Gasteiger partial charge < -0.3 is 21.3 Å². The van der Waals surface area contributed by atoms with Crippen LogP contribution in [-0.4, -0.2) is 13.2 Å². The Balaban J connectivity index is 0. The topological polar surface area (TPSA) is 18.5 Å². The Morgan fingerprint density at radius 2 is 1.14 bits per heavy atom. The molecule has 0 aromatic carbocycles. The molecule has 0 rings (SSSR count). The van der Waals surface area contributed by atoms with Crippen molar-refractivity contribution in [2.75, 3.05) is 13.2 Å². The maximum Gasteiger partial charge on any atom is 1.00 e. The summed E-state index contributed by atoms with van der Waals surface area (Å²) >= 11 is 10.5. The Labute approximate surface area is 171 Å². The Morgan fingerprint density at radius 3 is 1.45 bits per heavy atom. The first-order chi connectivity index (χ1) is 9.83. The zero-order valence-corrected chi connectivity index (χ0v) is 19.8. The van der Waals surface area contributed by atoms with Crippen molar-refractivity contribution in [3.8, 4) is 0 Å². The molecule has 6 heteroatoms. The Kier molecular flexibility index (Phi) is 19.5. The van der Waals surface area contributed by atoms with Gasteiger partial charge in [-0.15, -0.1) is 0 Å². The van der Waals surface area contributed by atoms with E-state index >= 15 is 0 Å². The van der Waals surface area contributed by atoms with E-state index in [1.54, 1.807) is 0 Å². The van der Waals surface area contributed by atoms with Crippen molar-refractivity contribution in [3.05, 3.63) is 0 Å². The van der Waals surface area contributed by atoms with E-state index in [2.05, 4.69) is 27.7 Å². The summed E-state index contributed by atoms with van der Waals surface area (Å²) in [5, 5.41) is 0. The van der Waals surface area contributed by atoms with Gasteiger partial charge in [0.25, 0.3) is 0 Å². The molecule has 0 aromatic rings. The average molecular weight is 377 g/mol. The summed E-state index contributed by atoms with van der Waals surface area (Å²) in [6.07, 6.45) is 9.56. The van der Waals surface area contributed by atoms with Crippen LogP contribution in [0.5, 0.6) is 0 Å². The number of rotatable bonds is 14. The first-order valence-electron chi connectivity index (χ1n) is 8.43. The molecule has 0 unspecified atom stereocenters. The van der Waals surface area contributed by atoms with Crippen molar-refractivity contribution in [1.29, 1.82) is 0 Å². The number of hydrogen-bond acceptors (Lipinski definition) is 4. The predicted octanol–water partition coefficient (Wildman–Crippen LogP) is 3.23. The van der Waals surface area contributed by atoms with E-state index in [0.29, 0.717) is 13.2 Å². The van der Waals surface area contributed by atoms with E-state index in [0.717, 1.165) is 24.7 Å². The molecule has 0 saturated carbocycles. The van der Waals surface area contributed by atoms with Gasteiger partial charge in [-0.3, -0.25) is 0 Å². The second-order valence-electron chi connectivity index (χ2n) is 6.60. The average Bonchev–Trinajstić information content (AvgIpc) is 2.37. The molecular weight excluding hydrogens is 342 g/mol. The summed E-state index contributed by atoms with van der Waals surface area (Å²) < 4.78 is 11.2. The van der Waals surface area contributed by atoms with Gasteiger partial charge in [0.2, 0.25) is 0 Å². The van der Waals surface area contributed by atoms with Crippen LogP contribution in [0.4, 0.5) is 0 Å². The van der Waals surface area contributed by atoms with Crippen LogP contribution in [0.3, 0.4) is 0 Å². The maximum atomic E-state index is 5.60. The van der Waals surface area contributed by atoms with Crippen molar-refractivity contribution in [3.63, 3.8) is 0 Å². The predicted molar refractivity (Wildman–Crippen MR) is 100 cm³/mol. The van der Waals surface area contributed by atoms with Gasteiger partial charge >= 0.3 is 29.6 Å². The fourth-order valence-corrected chi connectivity index (χ4v) is 3.73. The summed E-state index contributed by atoms with van der Waals surface area (Å²) in [4.78, 5) is 0. The van der Waals surface area contributed by atoms with E-state index in [-0.39, 0.29) is 29.6 Å². The third-order valence-corrected chi connectivity index (χ3v) is 5.61. The molecule has 0 aliphatic carbocycles. The van der Waals surface area contributed by atoms with Crippen LogP contribution in [-0.2, 0) is 33.1 Å². The van der Waals surface area contributed by atoms with Crippen molar-refractivity contribution in [1.82, 2.24) is 0 Å². The van der Waals surface area contributed by atoms with Crippen LogP contribution >= 0.6 is 5.69 Å². The van der Waals surface area contributed by atoms with Crippen molar-refractivity contribution < 1.29 is 38.6 Å². The quantitative estimate of drug-likeness (QED) is 0.200. The van der Waals surface area contributed by atoms with Crippen LogP contribution in [0, 0.1) is 11.8 Å². The molecule has 2 nitrogen and oxygen atoms in total. The summed E-state index contributed by atoms with van der Waals surface area (Å²) in [6.45, 7) is 10.4. The molecule has 0 spiro atoms. The van der Waals surface area contributed by atoms with E-state index < -0.39 is 5.69 Å². The number of unbranched alkanes of at least 4 members (excludes halogenated alkanes) is 4. The normalized spacial score (nSPS) is 12.0. The van der Waals surface area contributed by atoms with E-state index in [1.165, 1.54) is 38.5 Å². The van der Waals surface area contributed by atoms with E-state index in [9.17, 15) is 0 Å². The van der Waals surface area contributed by atoms with Gasteiger partial charge in [-0.05, 0) is 24.7 Å².